The van der Waals surface area contributed by atoms with Crippen molar-refractivity contribution in [3.63, 3.8) is 0 Å². The zero-order valence-electron chi connectivity index (χ0n) is 12.1. The Kier molecular flexibility index (Phi) is 4.46. The van der Waals surface area contributed by atoms with Gasteiger partial charge >= 0.3 is 5.97 Å². The van der Waals surface area contributed by atoms with E-state index in [4.69, 9.17) is 28.3 Å². The fourth-order valence-electron chi connectivity index (χ4n) is 3.00. The molecule has 120 valence electrons. The highest BCUT2D eigenvalue weighted by atomic mass is 35.5. The summed E-state index contributed by atoms with van der Waals surface area (Å²) in [5, 5.41) is 10.0. The van der Waals surface area contributed by atoms with E-state index in [1.165, 1.54) is 6.07 Å². The smallest absolute Gasteiger partial charge is 0.338 e. The molecule has 23 heavy (non-hydrogen) atoms. The number of hydrogen-bond donors (Lipinski definition) is 1. The van der Waals surface area contributed by atoms with E-state index in [9.17, 15) is 9.18 Å². The van der Waals surface area contributed by atoms with Crippen LogP contribution in [0.25, 0.3) is 0 Å². The van der Waals surface area contributed by atoms with E-state index >= 15 is 0 Å². The normalized spacial score (nSPS) is 17.5. The summed E-state index contributed by atoms with van der Waals surface area (Å²) < 4.78 is 14.4. The second kappa shape index (κ2) is 6.38. The first-order valence-electron chi connectivity index (χ1n) is 7.19. The number of carboxylic acids is 1. The summed E-state index contributed by atoms with van der Waals surface area (Å²) >= 11 is 12.3. The van der Waals surface area contributed by atoms with Crippen molar-refractivity contribution < 1.29 is 14.3 Å². The topological polar surface area (TPSA) is 40.5 Å². The van der Waals surface area contributed by atoms with Crippen LogP contribution in [-0.2, 0) is 0 Å². The van der Waals surface area contributed by atoms with Crippen molar-refractivity contribution in [2.45, 2.75) is 12.3 Å². The van der Waals surface area contributed by atoms with E-state index in [-0.39, 0.29) is 11.5 Å². The largest absolute Gasteiger partial charge is 0.478 e. The minimum absolute atomic E-state index is 0.0793. The lowest BCUT2D eigenvalue weighted by molar-refractivity contribution is 0.0691. The van der Waals surface area contributed by atoms with Gasteiger partial charge in [-0.3, -0.25) is 0 Å². The number of nitrogens with zero attached hydrogens (tertiary/aromatic N) is 1. The number of rotatable bonds is 3. The summed E-state index contributed by atoms with van der Waals surface area (Å²) in [4.78, 5) is 13.1. The van der Waals surface area contributed by atoms with Crippen molar-refractivity contribution in [3.8, 4) is 0 Å². The molecule has 1 N–H and O–H groups in total. The molecule has 0 radical (unpaired) electrons. The Bertz CT molecular complexity index is 766. The van der Waals surface area contributed by atoms with Crippen LogP contribution in [0.1, 0.15) is 28.3 Å². The van der Waals surface area contributed by atoms with Gasteiger partial charge in [0.25, 0.3) is 0 Å². The summed E-state index contributed by atoms with van der Waals surface area (Å²) in [7, 11) is 0. The van der Waals surface area contributed by atoms with Crippen molar-refractivity contribution in [2.24, 2.45) is 0 Å². The molecule has 0 bridgehead atoms. The van der Waals surface area contributed by atoms with Gasteiger partial charge in [-0.25, -0.2) is 9.18 Å². The second-order valence-corrected chi connectivity index (χ2v) is 6.30. The Morgan fingerprint density at radius 1 is 1.22 bits per heavy atom. The van der Waals surface area contributed by atoms with Crippen LogP contribution in [0.4, 0.5) is 10.1 Å². The lowest BCUT2D eigenvalue weighted by atomic mass is 9.96. The van der Waals surface area contributed by atoms with Gasteiger partial charge in [0.2, 0.25) is 0 Å². The molecular formula is C17H14Cl2FNO2. The number of carbonyl (C=O) groups is 1. The first-order valence-corrected chi connectivity index (χ1v) is 7.95. The van der Waals surface area contributed by atoms with Crippen LogP contribution in [0.5, 0.6) is 0 Å². The van der Waals surface area contributed by atoms with E-state index in [0.29, 0.717) is 28.7 Å². The zero-order valence-corrected chi connectivity index (χ0v) is 13.6. The maximum Gasteiger partial charge on any atom is 0.338 e. The van der Waals surface area contributed by atoms with Crippen molar-refractivity contribution >= 4 is 34.9 Å². The Morgan fingerprint density at radius 2 is 1.96 bits per heavy atom. The van der Waals surface area contributed by atoms with E-state index in [1.54, 1.807) is 18.2 Å². The summed E-state index contributed by atoms with van der Waals surface area (Å²) in [5.41, 5.74) is 0.962. The summed E-state index contributed by atoms with van der Waals surface area (Å²) in [6.07, 6.45) is 0.725. The number of hydrogen-bond acceptors (Lipinski definition) is 2. The average molecular weight is 354 g/mol. The van der Waals surface area contributed by atoms with Crippen LogP contribution in [0.2, 0.25) is 10.0 Å². The Labute approximate surface area is 143 Å². The molecule has 2 aromatic carbocycles. The number of aromatic carboxylic acids is 1. The summed E-state index contributed by atoms with van der Waals surface area (Å²) in [5.74, 6) is -1.98. The van der Waals surface area contributed by atoms with E-state index in [1.807, 2.05) is 17.0 Å². The molecule has 3 nitrogen and oxygen atoms in total. The van der Waals surface area contributed by atoms with Crippen LogP contribution < -0.4 is 4.90 Å². The van der Waals surface area contributed by atoms with Gasteiger partial charge < -0.3 is 10.0 Å². The molecule has 1 fully saturated rings. The van der Waals surface area contributed by atoms with Crippen LogP contribution >= 0.6 is 23.2 Å². The molecule has 3 rings (SSSR count). The average Bonchev–Trinajstić information content (AvgIpc) is 2.99. The highest BCUT2D eigenvalue weighted by molar-refractivity contribution is 6.43. The predicted molar refractivity (Wildman–Crippen MR) is 89.4 cm³/mol. The first kappa shape index (κ1) is 16.1. The molecule has 1 atom stereocenters. The van der Waals surface area contributed by atoms with Gasteiger partial charge in [0.15, 0.2) is 0 Å². The molecule has 0 aromatic heterocycles. The lowest BCUT2D eigenvalue weighted by Crippen LogP contribution is -2.20. The lowest BCUT2D eigenvalue weighted by Gasteiger charge is -2.21. The molecule has 6 heteroatoms. The number of anilines is 1. The number of halogens is 3. The molecule has 1 unspecified atom stereocenters. The SMILES string of the molecule is O=C(O)c1cccc(C2CCN(c3cccc(Cl)c3Cl)C2)c1F. The molecule has 1 aliphatic heterocycles. The minimum atomic E-state index is -1.25. The summed E-state index contributed by atoms with van der Waals surface area (Å²) in [6, 6.07) is 9.92. The van der Waals surface area contributed by atoms with Crippen molar-refractivity contribution in [1.29, 1.82) is 0 Å². The third kappa shape index (κ3) is 3.01. The fraction of sp³-hybridized carbons (Fsp3) is 0.235. The maximum absolute atomic E-state index is 14.4. The molecule has 1 aliphatic rings. The standard InChI is InChI=1S/C17H14Cl2FNO2/c18-13-5-2-6-14(15(13)19)21-8-7-10(9-21)11-3-1-4-12(16(11)20)17(22)23/h1-6,10H,7-9H2,(H,22,23). The molecule has 0 amide bonds. The number of carboxylic acid groups (broad SMARTS) is 1. The second-order valence-electron chi connectivity index (χ2n) is 5.52. The van der Waals surface area contributed by atoms with E-state index in [2.05, 4.69) is 0 Å². The highest BCUT2D eigenvalue weighted by Crippen LogP contribution is 2.38. The Balaban J connectivity index is 1.87. The third-order valence-corrected chi connectivity index (χ3v) is 4.97. The van der Waals surface area contributed by atoms with Crippen molar-refractivity contribution in [1.82, 2.24) is 0 Å². The first-order chi connectivity index (χ1) is 11.0. The van der Waals surface area contributed by atoms with Gasteiger partial charge in [0.1, 0.15) is 5.82 Å². The van der Waals surface area contributed by atoms with Gasteiger partial charge in [-0.15, -0.1) is 0 Å². The molecule has 1 saturated heterocycles. The van der Waals surface area contributed by atoms with Gasteiger partial charge in [-0.05, 0) is 30.2 Å². The molecule has 1 heterocycles. The molecule has 0 spiro atoms. The zero-order chi connectivity index (χ0) is 16.6. The molecule has 0 aliphatic carbocycles. The fourth-order valence-corrected chi connectivity index (χ4v) is 3.41. The van der Waals surface area contributed by atoms with Gasteiger partial charge in [-0.2, -0.15) is 0 Å². The maximum atomic E-state index is 14.4. The highest BCUT2D eigenvalue weighted by Gasteiger charge is 2.29. The van der Waals surface area contributed by atoms with Crippen LogP contribution in [0.3, 0.4) is 0 Å². The van der Waals surface area contributed by atoms with Crippen molar-refractivity contribution in [2.75, 3.05) is 18.0 Å². The van der Waals surface area contributed by atoms with Gasteiger partial charge in [-0.1, -0.05) is 41.4 Å². The third-order valence-electron chi connectivity index (χ3n) is 4.16. The van der Waals surface area contributed by atoms with Crippen LogP contribution in [-0.4, -0.2) is 24.2 Å². The molecular weight excluding hydrogens is 340 g/mol. The van der Waals surface area contributed by atoms with E-state index < -0.39 is 11.8 Å². The quantitative estimate of drug-likeness (QED) is 0.859. The monoisotopic (exact) mass is 353 g/mol. The van der Waals surface area contributed by atoms with Crippen LogP contribution in [0.15, 0.2) is 36.4 Å². The van der Waals surface area contributed by atoms with E-state index in [0.717, 1.165) is 12.1 Å². The van der Waals surface area contributed by atoms with Gasteiger partial charge in [0.05, 0.1) is 21.3 Å². The number of benzene rings is 2. The van der Waals surface area contributed by atoms with Crippen LogP contribution in [0, 0.1) is 5.82 Å². The Hall–Kier alpha value is -1.78. The van der Waals surface area contributed by atoms with Gasteiger partial charge in [0, 0.05) is 19.0 Å². The molecule has 0 saturated carbocycles. The van der Waals surface area contributed by atoms with Crippen molar-refractivity contribution in [3.05, 3.63) is 63.4 Å². The minimum Gasteiger partial charge on any atom is -0.478 e. The molecule has 2 aromatic rings. The predicted octanol–water partition coefficient (Wildman–Crippen LogP) is 4.82. The Morgan fingerprint density at radius 3 is 2.70 bits per heavy atom. The summed E-state index contributed by atoms with van der Waals surface area (Å²) in [6.45, 7) is 1.28.